The van der Waals surface area contributed by atoms with Crippen LogP contribution >= 0.6 is 0 Å². The Morgan fingerprint density at radius 1 is 1.44 bits per heavy atom. The summed E-state index contributed by atoms with van der Waals surface area (Å²) >= 11 is 0. The van der Waals surface area contributed by atoms with Crippen LogP contribution in [0.15, 0.2) is 40.1 Å². The van der Waals surface area contributed by atoms with E-state index in [9.17, 15) is 19.1 Å². The van der Waals surface area contributed by atoms with E-state index in [1.807, 2.05) is 36.2 Å². The number of ether oxygens (including phenoxy) is 2. The number of aliphatic hydroxyl groups excluding tert-OH is 1. The summed E-state index contributed by atoms with van der Waals surface area (Å²) in [5.74, 6) is -1.08. The van der Waals surface area contributed by atoms with Crippen molar-refractivity contribution in [1.82, 2.24) is 9.55 Å². The van der Waals surface area contributed by atoms with E-state index in [-0.39, 0.29) is 13.0 Å². The molecule has 1 aromatic carbocycles. The van der Waals surface area contributed by atoms with Crippen LogP contribution in [0.2, 0.25) is 0 Å². The Kier molecular flexibility index (Phi) is 5.12. The summed E-state index contributed by atoms with van der Waals surface area (Å²) < 4.78 is 25.8. The van der Waals surface area contributed by atoms with Crippen LogP contribution in [0.3, 0.4) is 0 Å². The van der Waals surface area contributed by atoms with Crippen LogP contribution in [-0.4, -0.2) is 33.5 Å². The van der Waals surface area contributed by atoms with Gasteiger partial charge in [0.25, 0.3) is 5.56 Å². The van der Waals surface area contributed by atoms with Gasteiger partial charge in [0, 0.05) is 6.42 Å². The van der Waals surface area contributed by atoms with Crippen molar-refractivity contribution in [3.05, 3.63) is 68.2 Å². The lowest BCUT2D eigenvalue weighted by molar-refractivity contribution is -0.0659. The minimum Gasteiger partial charge on any atom is -0.394 e. The number of benzene rings is 1. The van der Waals surface area contributed by atoms with Crippen molar-refractivity contribution >= 4 is 0 Å². The molecule has 0 saturated carbocycles. The largest absolute Gasteiger partial charge is 0.394 e. The summed E-state index contributed by atoms with van der Waals surface area (Å²) in [6.45, 7) is 2.01. The third kappa shape index (κ3) is 3.87. The Bertz CT molecular complexity index is 863. The summed E-state index contributed by atoms with van der Waals surface area (Å²) in [6, 6.07) is 7.82. The van der Waals surface area contributed by atoms with E-state index in [2.05, 4.69) is 0 Å². The van der Waals surface area contributed by atoms with Crippen LogP contribution in [-0.2, 0) is 16.1 Å². The fourth-order valence-corrected chi connectivity index (χ4v) is 2.89. The van der Waals surface area contributed by atoms with E-state index in [0.29, 0.717) is 6.61 Å². The van der Waals surface area contributed by atoms with Crippen LogP contribution in [0.5, 0.6) is 0 Å². The minimum absolute atomic E-state index is 0.252. The number of rotatable bonds is 5. The average molecular weight is 350 g/mol. The van der Waals surface area contributed by atoms with Gasteiger partial charge in [-0.25, -0.2) is 4.79 Å². The van der Waals surface area contributed by atoms with E-state index < -0.39 is 35.5 Å². The van der Waals surface area contributed by atoms with Crippen LogP contribution in [0.1, 0.15) is 23.8 Å². The number of hydrogen-bond donors (Lipinski definition) is 2. The number of aromatic nitrogens is 2. The van der Waals surface area contributed by atoms with E-state index in [0.717, 1.165) is 21.9 Å². The van der Waals surface area contributed by atoms with Gasteiger partial charge < -0.3 is 14.6 Å². The van der Waals surface area contributed by atoms with Crippen molar-refractivity contribution in [2.24, 2.45) is 0 Å². The molecule has 0 aliphatic carbocycles. The van der Waals surface area contributed by atoms with Crippen LogP contribution in [0, 0.1) is 12.7 Å². The Morgan fingerprint density at radius 2 is 2.24 bits per heavy atom. The van der Waals surface area contributed by atoms with Gasteiger partial charge in [-0.05, 0) is 12.5 Å². The second kappa shape index (κ2) is 7.30. The lowest BCUT2D eigenvalue weighted by Gasteiger charge is -2.16. The molecule has 7 nitrogen and oxygen atoms in total. The maximum atomic E-state index is 13.5. The standard InChI is InChI=1S/C17H19FN2O5/c1-10-3-2-4-11(5-10)9-24-13-6-15(25-14(13)8-21)20-7-12(18)16(22)19-17(20)23/h2-5,7,13-15,21H,6,8-9H2,1H3,(H,19,22,23)/t13-,14+,15+/m0/s1. The normalized spacial score (nSPS) is 23.1. The molecule has 0 radical (unpaired) electrons. The monoisotopic (exact) mass is 350 g/mol. The molecule has 2 aromatic rings. The van der Waals surface area contributed by atoms with Crippen LogP contribution in [0.4, 0.5) is 4.39 Å². The predicted molar refractivity (Wildman–Crippen MR) is 86.6 cm³/mol. The molecule has 1 saturated heterocycles. The van der Waals surface area contributed by atoms with Gasteiger partial charge in [0.15, 0.2) is 0 Å². The summed E-state index contributed by atoms with van der Waals surface area (Å²) in [5.41, 5.74) is 0.237. The number of aromatic amines is 1. The van der Waals surface area contributed by atoms with Crippen LogP contribution in [0.25, 0.3) is 0 Å². The van der Waals surface area contributed by atoms with Crippen molar-refractivity contribution in [2.75, 3.05) is 6.61 Å². The maximum Gasteiger partial charge on any atom is 0.330 e. The van der Waals surface area contributed by atoms with Gasteiger partial charge in [0.1, 0.15) is 12.3 Å². The smallest absolute Gasteiger partial charge is 0.330 e. The topological polar surface area (TPSA) is 93.6 Å². The Morgan fingerprint density at radius 3 is 2.96 bits per heavy atom. The predicted octanol–water partition coefficient (Wildman–Crippen LogP) is 0.849. The number of H-pyrrole nitrogens is 1. The number of aliphatic hydroxyl groups is 1. The van der Waals surface area contributed by atoms with Gasteiger partial charge in [0.05, 0.1) is 25.5 Å². The molecule has 0 spiro atoms. The summed E-state index contributed by atoms with van der Waals surface area (Å²) in [7, 11) is 0. The number of hydrogen-bond acceptors (Lipinski definition) is 5. The Hall–Kier alpha value is -2.29. The van der Waals surface area contributed by atoms with Gasteiger partial charge in [-0.1, -0.05) is 29.8 Å². The highest BCUT2D eigenvalue weighted by Gasteiger charge is 2.37. The van der Waals surface area contributed by atoms with Gasteiger partial charge in [-0.3, -0.25) is 14.3 Å². The summed E-state index contributed by atoms with van der Waals surface area (Å²) in [4.78, 5) is 24.9. The molecular weight excluding hydrogens is 331 g/mol. The molecule has 0 amide bonds. The van der Waals surface area contributed by atoms with Gasteiger partial charge in [-0.2, -0.15) is 4.39 Å². The molecule has 1 aliphatic rings. The molecule has 1 fully saturated rings. The number of aryl methyl sites for hydroxylation is 1. The second-order valence-corrected chi connectivity index (χ2v) is 6.03. The molecule has 134 valence electrons. The van der Waals surface area contributed by atoms with Crippen LogP contribution < -0.4 is 11.2 Å². The molecule has 2 N–H and O–H groups in total. The molecule has 2 heterocycles. The molecule has 25 heavy (non-hydrogen) atoms. The molecule has 1 aromatic heterocycles. The number of nitrogens with one attached hydrogen (secondary N) is 1. The molecule has 8 heteroatoms. The highest BCUT2D eigenvalue weighted by Crippen LogP contribution is 2.30. The molecule has 3 atom stereocenters. The van der Waals surface area contributed by atoms with E-state index >= 15 is 0 Å². The molecule has 0 unspecified atom stereocenters. The third-order valence-electron chi connectivity index (χ3n) is 4.14. The molecule has 3 rings (SSSR count). The molecule has 1 aliphatic heterocycles. The first-order valence-corrected chi connectivity index (χ1v) is 7.92. The third-order valence-corrected chi connectivity index (χ3v) is 4.14. The van der Waals surface area contributed by atoms with Gasteiger partial charge >= 0.3 is 5.69 Å². The zero-order valence-corrected chi connectivity index (χ0v) is 13.6. The van der Waals surface area contributed by atoms with Crippen molar-refractivity contribution in [1.29, 1.82) is 0 Å². The van der Waals surface area contributed by atoms with E-state index in [1.165, 1.54) is 0 Å². The zero-order valence-electron chi connectivity index (χ0n) is 13.6. The second-order valence-electron chi connectivity index (χ2n) is 6.03. The lowest BCUT2D eigenvalue weighted by Crippen LogP contribution is -2.34. The first-order chi connectivity index (χ1) is 12.0. The Labute approximate surface area is 142 Å². The first kappa shape index (κ1) is 17.5. The average Bonchev–Trinajstić information content (AvgIpc) is 2.99. The van der Waals surface area contributed by atoms with Gasteiger partial charge in [-0.15, -0.1) is 0 Å². The van der Waals surface area contributed by atoms with Crippen molar-refractivity contribution in [3.63, 3.8) is 0 Å². The number of nitrogens with zero attached hydrogens (tertiary/aromatic N) is 1. The SMILES string of the molecule is Cc1cccc(CO[C@H]2C[C@H](n3cc(F)c(=O)[nH]c3=O)O[C@@H]2CO)c1. The zero-order chi connectivity index (χ0) is 18.0. The molecule has 0 bridgehead atoms. The first-order valence-electron chi connectivity index (χ1n) is 7.92. The highest BCUT2D eigenvalue weighted by molar-refractivity contribution is 5.21. The van der Waals surface area contributed by atoms with Crippen molar-refractivity contribution < 1.29 is 19.0 Å². The lowest BCUT2D eigenvalue weighted by atomic mass is 10.1. The Balaban J connectivity index is 1.73. The highest BCUT2D eigenvalue weighted by atomic mass is 19.1. The minimum atomic E-state index is -1.08. The summed E-state index contributed by atoms with van der Waals surface area (Å²) in [6.07, 6.45) is -0.862. The van der Waals surface area contributed by atoms with E-state index in [1.54, 1.807) is 0 Å². The van der Waals surface area contributed by atoms with Gasteiger partial charge in [0.2, 0.25) is 5.82 Å². The van der Waals surface area contributed by atoms with Crippen molar-refractivity contribution in [3.8, 4) is 0 Å². The maximum absolute atomic E-state index is 13.5. The van der Waals surface area contributed by atoms with E-state index in [4.69, 9.17) is 9.47 Å². The fourth-order valence-electron chi connectivity index (χ4n) is 2.89. The summed E-state index contributed by atoms with van der Waals surface area (Å²) in [5, 5.41) is 9.49. The number of halogens is 1. The molecular formula is C17H19FN2O5. The fraction of sp³-hybridized carbons (Fsp3) is 0.412. The van der Waals surface area contributed by atoms with Crippen molar-refractivity contribution in [2.45, 2.75) is 38.4 Å². The quantitative estimate of drug-likeness (QED) is 0.834.